The summed E-state index contributed by atoms with van der Waals surface area (Å²) in [4.78, 5) is 15.4. The van der Waals surface area contributed by atoms with Gasteiger partial charge in [-0.25, -0.2) is 4.98 Å². The molecule has 4 nitrogen and oxygen atoms in total. The first-order valence-electron chi connectivity index (χ1n) is 5.16. The SMILES string of the molecule is CC[C@H](C)NC(=O)COc1cccnc1Br. The Balaban J connectivity index is 2.40. The molecular weight excluding hydrogens is 272 g/mol. The number of ether oxygens (including phenoxy) is 1. The van der Waals surface area contributed by atoms with E-state index in [0.29, 0.717) is 10.4 Å². The summed E-state index contributed by atoms with van der Waals surface area (Å²) in [5, 5.41) is 2.82. The van der Waals surface area contributed by atoms with Crippen molar-refractivity contribution in [2.75, 3.05) is 6.61 Å². The Labute approximate surface area is 104 Å². The molecule has 0 aromatic carbocycles. The smallest absolute Gasteiger partial charge is 0.258 e. The van der Waals surface area contributed by atoms with E-state index in [1.54, 1.807) is 18.3 Å². The highest BCUT2D eigenvalue weighted by molar-refractivity contribution is 9.10. The summed E-state index contributed by atoms with van der Waals surface area (Å²) in [7, 11) is 0. The van der Waals surface area contributed by atoms with Crippen molar-refractivity contribution in [3.63, 3.8) is 0 Å². The summed E-state index contributed by atoms with van der Waals surface area (Å²) >= 11 is 3.24. The van der Waals surface area contributed by atoms with E-state index in [-0.39, 0.29) is 18.6 Å². The summed E-state index contributed by atoms with van der Waals surface area (Å²) in [5.41, 5.74) is 0. The van der Waals surface area contributed by atoms with Gasteiger partial charge in [-0.3, -0.25) is 4.79 Å². The highest BCUT2D eigenvalue weighted by Crippen LogP contribution is 2.20. The molecule has 0 unspecified atom stereocenters. The summed E-state index contributed by atoms with van der Waals surface area (Å²) in [6.07, 6.45) is 2.55. The van der Waals surface area contributed by atoms with Crippen LogP contribution >= 0.6 is 15.9 Å². The molecule has 1 amide bonds. The summed E-state index contributed by atoms with van der Waals surface area (Å²) in [5.74, 6) is 0.451. The molecule has 1 rings (SSSR count). The first kappa shape index (κ1) is 13.0. The molecule has 0 aliphatic heterocycles. The van der Waals surface area contributed by atoms with E-state index in [1.807, 2.05) is 13.8 Å². The zero-order valence-electron chi connectivity index (χ0n) is 9.37. The predicted octanol–water partition coefficient (Wildman–Crippen LogP) is 2.14. The second-order valence-electron chi connectivity index (χ2n) is 3.46. The van der Waals surface area contributed by atoms with E-state index in [4.69, 9.17) is 4.74 Å². The number of halogens is 1. The molecule has 1 atom stereocenters. The molecule has 1 heterocycles. The lowest BCUT2D eigenvalue weighted by molar-refractivity contribution is -0.123. The molecule has 1 N–H and O–H groups in total. The van der Waals surface area contributed by atoms with Crippen LogP contribution in [0.2, 0.25) is 0 Å². The number of carbonyl (C=O) groups is 1. The molecule has 1 aromatic rings. The van der Waals surface area contributed by atoms with Gasteiger partial charge >= 0.3 is 0 Å². The largest absolute Gasteiger partial charge is 0.481 e. The van der Waals surface area contributed by atoms with Crippen LogP contribution in [-0.2, 0) is 4.79 Å². The Hall–Kier alpha value is -1.10. The van der Waals surface area contributed by atoms with Crippen LogP contribution in [0.3, 0.4) is 0 Å². The van der Waals surface area contributed by atoms with Gasteiger partial charge in [0, 0.05) is 12.2 Å². The Kier molecular flexibility index (Phi) is 5.25. The van der Waals surface area contributed by atoms with E-state index in [9.17, 15) is 4.79 Å². The normalized spacial score (nSPS) is 11.9. The molecule has 5 heteroatoms. The van der Waals surface area contributed by atoms with Crippen LogP contribution in [0, 0.1) is 0 Å². The molecule has 0 fully saturated rings. The molecule has 0 aliphatic carbocycles. The van der Waals surface area contributed by atoms with Crippen LogP contribution in [0.15, 0.2) is 22.9 Å². The fraction of sp³-hybridized carbons (Fsp3) is 0.455. The molecule has 0 aliphatic rings. The molecule has 0 saturated carbocycles. The van der Waals surface area contributed by atoms with E-state index in [1.165, 1.54) is 0 Å². The lowest BCUT2D eigenvalue weighted by atomic mass is 10.2. The van der Waals surface area contributed by atoms with E-state index >= 15 is 0 Å². The summed E-state index contributed by atoms with van der Waals surface area (Å²) in [6.45, 7) is 3.98. The fourth-order valence-corrected chi connectivity index (χ4v) is 1.41. The number of aromatic nitrogens is 1. The van der Waals surface area contributed by atoms with Gasteiger partial charge in [0.25, 0.3) is 5.91 Å². The molecule has 16 heavy (non-hydrogen) atoms. The number of amides is 1. The average molecular weight is 287 g/mol. The molecule has 0 radical (unpaired) electrons. The third-order valence-electron chi connectivity index (χ3n) is 2.10. The van der Waals surface area contributed by atoms with Crippen molar-refractivity contribution in [1.29, 1.82) is 0 Å². The van der Waals surface area contributed by atoms with Gasteiger partial charge in [-0.1, -0.05) is 6.92 Å². The summed E-state index contributed by atoms with van der Waals surface area (Å²) in [6, 6.07) is 3.69. The van der Waals surface area contributed by atoms with Crippen LogP contribution in [0.5, 0.6) is 5.75 Å². The van der Waals surface area contributed by atoms with Crippen molar-refractivity contribution < 1.29 is 9.53 Å². The lowest BCUT2D eigenvalue weighted by Gasteiger charge is -2.12. The van der Waals surface area contributed by atoms with Gasteiger partial charge in [0.1, 0.15) is 4.60 Å². The number of hydrogen-bond acceptors (Lipinski definition) is 3. The maximum Gasteiger partial charge on any atom is 0.258 e. The average Bonchev–Trinajstić information content (AvgIpc) is 2.28. The fourth-order valence-electron chi connectivity index (χ4n) is 1.04. The van der Waals surface area contributed by atoms with Crippen LogP contribution in [0.4, 0.5) is 0 Å². The maximum absolute atomic E-state index is 11.4. The molecule has 0 spiro atoms. The first-order valence-corrected chi connectivity index (χ1v) is 5.95. The van der Waals surface area contributed by atoms with Gasteiger partial charge in [-0.15, -0.1) is 0 Å². The third-order valence-corrected chi connectivity index (χ3v) is 2.70. The Bertz CT molecular complexity index is 358. The van der Waals surface area contributed by atoms with E-state index in [0.717, 1.165) is 6.42 Å². The molecule has 1 aromatic heterocycles. The zero-order chi connectivity index (χ0) is 12.0. The topological polar surface area (TPSA) is 51.2 Å². The Morgan fingerprint density at radius 3 is 3.06 bits per heavy atom. The first-order chi connectivity index (χ1) is 7.63. The Morgan fingerprint density at radius 1 is 1.69 bits per heavy atom. The number of hydrogen-bond donors (Lipinski definition) is 1. The van der Waals surface area contributed by atoms with E-state index in [2.05, 4.69) is 26.2 Å². The maximum atomic E-state index is 11.4. The minimum Gasteiger partial charge on any atom is -0.481 e. The molecule has 0 bridgehead atoms. The molecular formula is C11H15BrN2O2. The molecule has 88 valence electrons. The minimum atomic E-state index is -0.120. The van der Waals surface area contributed by atoms with Crippen molar-refractivity contribution in [2.45, 2.75) is 26.3 Å². The highest BCUT2D eigenvalue weighted by Gasteiger charge is 2.07. The van der Waals surface area contributed by atoms with Gasteiger partial charge in [-0.05, 0) is 41.4 Å². The van der Waals surface area contributed by atoms with E-state index < -0.39 is 0 Å². The van der Waals surface area contributed by atoms with Crippen molar-refractivity contribution in [1.82, 2.24) is 10.3 Å². The van der Waals surface area contributed by atoms with Crippen molar-refractivity contribution in [3.8, 4) is 5.75 Å². The number of carbonyl (C=O) groups excluding carboxylic acids is 1. The number of nitrogens with one attached hydrogen (secondary N) is 1. The van der Waals surface area contributed by atoms with Gasteiger partial charge < -0.3 is 10.1 Å². The predicted molar refractivity (Wildman–Crippen MR) is 65.3 cm³/mol. The van der Waals surface area contributed by atoms with Crippen LogP contribution < -0.4 is 10.1 Å². The highest BCUT2D eigenvalue weighted by atomic mass is 79.9. The quantitative estimate of drug-likeness (QED) is 0.844. The van der Waals surface area contributed by atoms with Crippen molar-refractivity contribution >= 4 is 21.8 Å². The minimum absolute atomic E-state index is 0.00856. The summed E-state index contributed by atoms with van der Waals surface area (Å²) < 4.78 is 5.93. The standard InChI is InChI=1S/C11H15BrN2O2/c1-3-8(2)14-10(15)7-16-9-5-4-6-13-11(9)12/h4-6,8H,3,7H2,1-2H3,(H,14,15)/t8-/m0/s1. The van der Waals surface area contributed by atoms with Gasteiger partial charge in [0.15, 0.2) is 12.4 Å². The number of rotatable bonds is 5. The Morgan fingerprint density at radius 2 is 2.44 bits per heavy atom. The van der Waals surface area contributed by atoms with Gasteiger partial charge in [-0.2, -0.15) is 0 Å². The zero-order valence-corrected chi connectivity index (χ0v) is 11.0. The second kappa shape index (κ2) is 6.48. The number of pyridine rings is 1. The van der Waals surface area contributed by atoms with Crippen molar-refractivity contribution in [3.05, 3.63) is 22.9 Å². The van der Waals surface area contributed by atoms with Crippen LogP contribution in [0.1, 0.15) is 20.3 Å². The van der Waals surface area contributed by atoms with Gasteiger partial charge in [0.05, 0.1) is 0 Å². The molecule has 0 saturated heterocycles. The van der Waals surface area contributed by atoms with Gasteiger partial charge in [0.2, 0.25) is 0 Å². The van der Waals surface area contributed by atoms with Crippen molar-refractivity contribution in [2.24, 2.45) is 0 Å². The lowest BCUT2D eigenvalue weighted by Crippen LogP contribution is -2.35. The van der Waals surface area contributed by atoms with Crippen LogP contribution in [-0.4, -0.2) is 23.5 Å². The third kappa shape index (κ3) is 4.18. The number of nitrogens with zero attached hydrogens (tertiary/aromatic N) is 1. The monoisotopic (exact) mass is 286 g/mol. The second-order valence-corrected chi connectivity index (χ2v) is 4.21. The van der Waals surface area contributed by atoms with Crippen LogP contribution in [0.25, 0.3) is 0 Å².